The first kappa shape index (κ1) is 12.5. The van der Waals surface area contributed by atoms with Gasteiger partial charge in [-0.05, 0) is 12.1 Å². The third kappa shape index (κ3) is 3.47. The summed E-state index contributed by atoms with van der Waals surface area (Å²) in [5, 5.41) is 0. The minimum Gasteiger partial charge on any atom is -0.293 e. The van der Waals surface area contributed by atoms with Gasteiger partial charge in [-0.15, -0.1) is 0 Å². The van der Waals surface area contributed by atoms with E-state index in [1.807, 2.05) is 13.8 Å². The molecule has 0 aromatic carbocycles. The average Bonchev–Trinajstić information content (AvgIpc) is 2.21. The van der Waals surface area contributed by atoms with E-state index in [0.717, 1.165) is 0 Å². The summed E-state index contributed by atoms with van der Waals surface area (Å²) in [6, 6.07) is 4.84. The van der Waals surface area contributed by atoms with Crippen LogP contribution in [0.25, 0.3) is 0 Å². The number of Topliss-reactive ketones (excluding diaryl/α,β-unsaturated/α-hetero) is 2. The molecule has 0 unspecified atom stereocenters. The fourth-order valence-electron chi connectivity index (χ4n) is 0.827. The second-order valence-corrected chi connectivity index (χ2v) is 2.52. The van der Waals surface area contributed by atoms with E-state index in [4.69, 9.17) is 0 Å². The molecule has 1 aromatic rings. The van der Waals surface area contributed by atoms with Crippen LogP contribution in [0.4, 0.5) is 0 Å². The highest BCUT2D eigenvalue weighted by Crippen LogP contribution is 2.00. The minimum atomic E-state index is -0.127. The van der Waals surface area contributed by atoms with E-state index >= 15 is 0 Å². The Kier molecular flexibility index (Phi) is 5.37. The first-order valence-electron chi connectivity index (χ1n) is 4.60. The Labute approximate surface area is 84.2 Å². The molecule has 0 spiro atoms. The molecule has 1 rings (SSSR count). The van der Waals surface area contributed by atoms with Crippen LogP contribution in [0.1, 0.15) is 48.7 Å². The molecule has 1 heterocycles. The maximum Gasteiger partial charge on any atom is 0.178 e. The van der Waals surface area contributed by atoms with Crippen molar-refractivity contribution < 1.29 is 9.59 Å². The molecule has 0 amide bonds. The third-order valence-electron chi connectivity index (χ3n) is 1.47. The summed E-state index contributed by atoms with van der Waals surface area (Å²) in [4.78, 5) is 25.6. The molecule has 0 bridgehead atoms. The molecule has 0 N–H and O–H groups in total. The Morgan fingerprint density at radius 1 is 1.00 bits per heavy atom. The molecule has 3 nitrogen and oxygen atoms in total. The van der Waals surface area contributed by atoms with Crippen molar-refractivity contribution in [2.45, 2.75) is 27.7 Å². The highest BCUT2D eigenvalue weighted by molar-refractivity contribution is 5.96. The van der Waals surface area contributed by atoms with E-state index in [1.165, 1.54) is 13.8 Å². The fourth-order valence-corrected chi connectivity index (χ4v) is 0.827. The van der Waals surface area contributed by atoms with Gasteiger partial charge in [-0.25, -0.2) is 4.98 Å². The molecular weight excluding hydrogens is 178 g/mol. The molecule has 3 heteroatoms. The zero-order chi connectivity index (χ0) is 11.1. The number of aromatic nitrogens is 1. The van der Waals surface area contributed by atoms with Crippen LogP contribution in [0.15, 0.2) is 18.2 Å². The topological polar surface area (TPSA) is 47.0 Å². The van der Waals surface area contributed by atoms with Crippen LogP contribution in [0.5, 0.6) is 0 Å². The second-order valence-electron chi connectivity index (χ2n) is 2.52. The molecule has 0 atom stereocenters. The largest absolute Gasteiger partial charge is 0.293 e. The third-order valence-corrected chi connectivity index (χ3v) is 1.47. The smallest absolute Gasteiger partial charge is 0.178 e. The summed E-state index contributed by atoms with van der Waals surface area (Å²) < 4.78 is 0. The molecule has 0 fully saturated rings. The Balaban J connectivity index is 0.000000791. The predicted molar refractivity (Wildman–Crippen MR) is 55.6 cm³/mol. The summed E-state index contributed by atoms with van der Waals surface area (Å²) in [5.74, 6) is -0.254. The maximum absolute atomic E-state index is 10.8. The van der Waals surface area contributed by atoms with Crippen LogP contribution in [0.3, 0.4) is 0 Å². The van der Waals surface area contributed by atoms with Gasteiger partial charge in [0.25, 0.3) is 0 Å². The van der Waals surface area contributed by atoms with Crippen LogP contribution in [0, 0.1) is 0 Å². The molecule has 76 valence electrons. The standard InChI is InChI=1S/C9H9NO2.C2H6/c1-6(11)8-4-3-5-9(10-8)7(2)12;1-2/h3-5H,1-2H3;1-2H3. The van der Waals surface area contributed by atoms with Gasteiger partial charge in [-0.3, -0.25) is 9.59 Å². The Hall–Kier alpha value is -1.51. The van der Waals surface area contributed by atoms with Crippen molar-refractivity contribution in [3.63, 3.8) is 0 Å². The maximum atomic E-state index is 10.8. The number of carbonyl (C=O) groups is 2. The molecule has 0 aliphatic carbocycles. The van der Waals surface area contributed by atoms with E-state index in [1.54, 1.807) is 18.2 Å². The average molecular weight is 193 g/mol. The van der Waals surface area contributed by atoms with Crippen molar-refractivity contribution in [1.82, 2.24) is 4.98 Å². The molecule has 0 saturated heterocycles. The summed E-state index contributed by atoms with van der Waals surface area (Å²) in [6.45, 7) is 6.85. The number of pyridine rings is 1. The molecule has 1 aromatic heterocycles. The van der Waals surface area contributed by atoms with Crippen molar-refractivity contribution in [1.29, 1.82) is 0 Å². The Bertz CT molecular complexity index is 303. The minimum absolute atomic E-state index is 0.127. The molecule has 14 heavy (non-hydrogen) atoms. The molecule has 0 saturated carbocycles. The van der Waals surface area contributed by atoms with Gasteiger partial charge in [0.15, 0.2) is 11.6 Å². The highest BCUT2D eigenvalue weighted by atomic mass is 16.1. The number of carbonyl (C=O) groups excluding carboxylic acids is 2. The van der Waals surface area contributed by atoms with E-state index in [0.29, 0.717) is 11.4 Å². The van der Waals surface area contributed by atoms with Crippen LogP contribution < -0.4 is 0 Å². The second kappa shape index (κ2) is 6.02. The van der Waals surface area contributed by atoms with E-state index in [2.05, 4.69) is 4.98 Å². The van der Waals surface area contributed by atoms with Gasteiger partial charge in [0.05, 0.1) is 0 Å². The lowest BCUT2D eigenvalue weighted by Gasteiger charge is -1.96. The van der Waals surface area contributed by atoms with Crippen molar-refractivity contribution in [3.8, 4) is 0 Å². The van der Waals surface area contributed by atoms with Crippen molar-refractivity contribution >= 4 is 11.6 Å². The Morgan fingerprint density at radius 3 is 1.64 bits per heavy atom. The number of nitrogens with zero attached hydrogens (tertiary/aromatic N) is 1. The summed E-state index contributed by atoms with van der Waals surface area (Å²) >= 11 is 0. The SMILES string of the molecule is CC.CC(=O)c1cccc(C(C)=O)n1. The predicted octanol–water partition coefficient (Wildman–Crippen LogP) is 2.51. The molecule has 0 aliphatic rings. The molecule has 0 aliphatic heterocycles. The Morgan fingerprint density at radius 2 is 1.36 bits per heavy atom. The van der Waals surface area contributed by atoms with Gasteiger partial charge in [0.2, 0.25) is 0 Å². The van der Waals surface area contributed by atoms with Crippen molar-refractivity contribution in [3.05, 3.63) is 29.6 Å². The van der Waals surface area contributed by atoms with E-state index in [9.17, 15) is 9.59 Å². The number of ketones is 2. The van der Waals surface area contributed by atoms with Gasteiger partial charge in [0, 0.05) is 13.8 Å². The van der Waals surface area contributed by atoms with Gasteiger partial charge in [-0.2, -0.15) is 0 Å². The van der Waals surface area contributed by atoms with Crippen LogP contribution in [-0.2, 0) is 0 Å². The van der Waals surface area contributed by atoms with E-state index < -0.39 is 0 Å². The van der Waals surface area contributed by atoms with Crippen LogP contribution >= 0.6 is 0 Å². The van der Waals surface area contributed by atoms with Crippen LogP contribution in [-0.4, -0.2) is 16.6 Å². The zero-order valence-corrected chi connectivity index (χ0v) is 9.00. The van der Waals surface area contributed by atoms with Gasteiger partial charge < -0.3 is 0 Å². The molecule has 0 radical (unpaired) electrons. The summed E-state index contributed by atoms with van der Waals surface area (Å²) in [6.07, 6.45) is 0. The lowest BCUT2D eigenvalue weighted by atomic mass is 10.2. The van der Waals surface area contributed by atoms with Gasteiger partial charge in [-0.1, -0.05) is 19.9 Å². The number of hydrogen-bond acceptors (Lipinski definition) is 3. The summed E-state index contributed by atoms with van der Waals surface area (Å²) in [7, 11) is 0. The fraction of sp³-hybridized carbons (Fsp3) is 0.364. The number of hydrogen-bond donors (Lipinski definition) is 0. The first-order chi connectivity index (χ1) is 6.61. The van der Waals surface area contributed by atoms with Gasteiger partial charge >= 0.3 is 0 Å². The zero-order valence-electron chi connectivity index (χ0n) is 9.00. The lowest BCUT2D eigenvalue weighted by Crippen LogP contribution is -2.02. The normalized spacial score (nSPS) is 8.57. The van der Waals surface area contributed by atoms with E-state index in [-0.39, 0.29) is 11.6 Å². The van der Waals surface area contributed by atoms with Crippen molar-refractivity contribution in [2.24, 2.45) is 0 Å². The summed E-state index contributed by atoms with van der Waals surface area (Å²) in [5.41, 5.74) is 0.672. The quantitative estimate of drug-likeness (QED) is 0.678. The first-order valence-corrected chi connectivity index (χ1v) is 4.60. The van der Waals surface area contributed by atoms with Crippen molar-refractivity contribution in [2.75, 3.05) is 0 Å². The monoisotopic (exact) mass is 193 g/mol. The van der Waals surface area contributed by atoms with Crippen LogP contribution in [0.2, 0.25) is 0 Å². The number of rotatable bonds is 2. The highest BCUT2D eigenvalue weighted by Gasteiger charge is 2.04. The van der Waals surface area contributed by atoms with Gasteiger partial charge in [0.1, 0.15) is 11.4 Å². The lowest BCUT2D eigenvalue weighted by molar-refractivity contribution is 0.101. The molecular formula is C11H15NO2.